The molecule has 0 saturated carbocycles. The van der Waals surface area contributed by atoms with Crippen LogP contribution in [-0.4, -0.2) is 51.1 Å². The van der Waals surface area contributed by atoms with Crippen LogP contribution in [0, 0.1) is 0 Å². The Hall–Kier alpha value is -0.870. The van der Waals surface area contributed by atoms with E-state index >= 15 is 0 Å². The van der Waals surface area contributed by atoms with Gasteiger partial charge in [-0.05, 0) is 20.2 Å². The predicted molar refractivity (Wildman–Crippen MR) is 54.6 cm³/mol. The van der Waals surface area contributed by atoms with Crippen molar-refractivity contribution in [1.29, 1.82) is 0 Å². The lowest BCUT2D eigenvalue weighted by Crippen LogP contribution is -2.34. The number of hydrogen-bond donors (Lipinski definition) is 2. The van der Waals surface area contributed by atoms with Gasteiger partial charge in [0.05, 0.1) is 0 Å². The summed E-state index contributed by atoms with van der Waals surface area (Å²) in [5.74, 6) is -0.116. The van der Waals surface area contributed by atoms with Crippen LogP contribution in [-0.2, 0) is 4.79 Å². The summed E-state index contributed by atoms with van der Waals surface area (Å²) in [7, 11) is 4.06. The van der Waals surface area contributed by atoms with Crippen molar-refractivity contribution in [3.63, 3.8) is 0 Å². The smallest absolute Gasteiger partial charge is 0.243 e. The van der Waals surface area contributed by atoms with Gasteiger partial charge in [-0.25, -0.2) is 0 Å². The SMILES string of the molecule is C=CC(=O)NCCNCCN(C)C. The lowest BCUT2D eigenvalue weighted by molar-refractivity contribution is -0.116. The van der Waals surface area contributed by atoms with Gasteiger partial charge in [-0.3, -0.25) is 4.79 Å². The minimum absolute atomic E-state index is 0.116. The Morgan fingerprint density at radius 2 is 2.08 bits per heavy atom. The van der Waals surface area contributed by atoms with Crippen LogP contribution in [0.15, 0.2) is 12.7 Å². The maximum absolute atomic E-state index is 10.7. The summed E-state index contributed by atoms with van der Waals surface area (Å²) in [6.07, 6.45) is 1.28. The van der Waals surface area contributed by atoms with Crippen LogP contribution < -0.4 is 10.6 Å². The zero-order valence-electron chi connectivity index (χ0n) is 8.47. The van der Waals surface area contributed by atoms with Crippen LogP contribution >= 0.6 is 0 Å². The summed E-state index contributed by atoms with van der Waals surface area (Å²) in [5.41, 5.74) is 0. The summed E-state index contributed by atoms with van der Waals surface area (Å²) in [4.78, 5) is 12.8. The van der Waals surface area contributed by atoms with E-state index in [9.17, 15) is 4.79 Å². The van der Waals surface area contributed by atoms with Crippen LogP contribution in [0.1, 0.15) is 0 Å². The van der Waals surface area contributed by atoms with Gasteiger partial charge in [0.2, 0.25) is 5.91 Å². The van der Waals surface area contributed by atoms with Gasteiger partial charge in [-0.15, -0.1) is 0 Å². The van der Waals surface area contributed by atoms with E-state index in [1.54, 1.807) is 0 Å². The molecular weight excluding hydrogens is 166 g/mol. The molecule has 0 spiro atoms. The number of hydrogen-bond acceptors (Lipinski definition) is 3. The third-order valence-corrected chi connectivity index (χ3v) is 1.52. The first-order chi connectivity index (χ1) is 6.16. The molecule has 0 bridgehead atoms. The van der Waals surface area contributed by atoms with Crippen molar-refractivity contribution in [2.45, 2.75) is 0 Å². The van der Waals surface area contributed by atoms with Crippen molar-refractivity contribution in [2.75, 3.05) is 40.3 Å². The fraction of sp³-hybridized carbons (Fsp3) is 0.667. The molecule has 1 amide bonds. The first-order valence-electron chi connectivity index (χ1n) is 4.42. The van der Waals surface area contributed by atoms with Gasteiger partial charge in [-0.1, -0.05) is 6.58 Å². The van der Waals surface area contributed by atoms with Crippen molar-refractivity contribution in [3.8, 4) is 0 Å². The van der Waals surface area contributed by atoms with Gasteiger partial charge in [0.25, 0.3) is 0 Å². The molecule has 4 heteroatoms. The molecule has 0 saturated heterocycles. The highest BCUT2D eigenvalue weighted by atomic mass is 16.1. The highest BCUT2D eigenvalue weighted by Crippen LogP contribution is 1.70. The Bertz CT molecular complexity index is 157. The van der Waals surface area contributed by atoms with Crippen molar-refractivity contribution in [1.82, 2.24) is 15.5 Å². The third-order valence-electron chi connectivity index (χ3n) is 1.52. The van der Waals surface area contributed by atoms with E-state index in [1.165, 1.54) is 6.08 Å². The van der Waals surface area contributed by atoms with Crippen LogP contribution in [0.5, 0.6) is 0 Å². The van der Waals surface area contributed by atoms with E-state index in [4.69, 9.17) is 0 Å². The Labute approximate surface area is 80.0 Å². The van der Waals surface area contributed by atoms with Gasteiger partial charge in [0.1, 0.15) is 0 Å². The number of nitrogens with one attached hydrogen (secondary N) is 2. The molecule has 0 unspecified atom stereocenters. The number of carbonyl (C=O) groups excluding carboxylic acids is 1. The van der Waals surface area contributed by atoms with E-state index in [-0.39, 0.29) is 5.91 Å². The summed E-state index contributed by atoms with van der Waals surface area (Å²) >= 11 is 0. The lowest BCUT2D eigenvalue weighted by atomic mass is 10.5. The molecule has 13 heavy (non-hydrogen) atoms. The third kappa shape index (κ3) is 9.04. The van der Waals surface area contributed by atoms with Crippen molar-refractivity contribution in [2.24, 2.45) is 0 Å². The highest BCUT2D eigenvalue weighted by Gasteiger charge is 1.92. The normalized spacial score (nSPS) is 10.1. The first-order valence-corrected chi connectivity index (χ1v) is 4.42. The number of rotatable bonds is 7. The fourth-order valence-electron chi connectivity index (χ4n) is 0.774. The van der Waals surface area contributed by atoms with E-state index in [0.29, 0.717) is 6.54 Å². The summed E-state index contributed by atoms with van der Waals surface area (Å²) in [5, 5.41) is 5.89. The van der Waals surface area contributed by atoms with Gasteiger partial charge in [0, 0.05) is 26.2 Å². The molecule has 76 valence electrons. The topological polar surface area (TPSA) is 44.4 Å². The zero-order valence-corrected chi connectivity index (χ0v) is 8.47. The molecule has 4 nitrogen and oxygen atoms in total. The van der Waals surface area contributed by atoms with Crippen molar-refractivity contribution >= 4 is 5.91 Å². The summed E-state index contributed by atoms with van der Waals surface area (Å²) < 4.78 is 0. The second-order valence-corrected chi connectivity index (χ2v) is 3.05. The van der Waals surface area contributed by atoms with Crippen LogP contribution in [0.2, 0.25) is 0 Å². The molecule has 0 aromatic carbocycles. The molecule has 0 aromatic rings. The van der Waals surface area contributed by atoms with Crippen LogP contribution in [0.25, 0.3) is 0 Å². The van der Waals surface area contributed by atoms with E-state index in [2.05, 4.69) is 22.1 Å². The Balaban J connectivity index is 3.08. The Morgan fingerprint density at radius 3 is 2.62 bits per heavy atom. The molecular formula is C9H19N3O. The molecule has 0 aromatic heterocycles. The molecule has 0 fully saturated rings. The highest BCUT2D eigenvalue weighted by molar-refractivity contribution is 5.86. The minimum atomic E-state index is -0.116. The van der Waals surface area contributed by atoms with Crippen molar-refractivity contribution < 1.29 is 4.79 Å². The first kappa shape index (κ1) is 12.1. The molecule has 0 aliphatic heterocycles. The summed E-state index contributed by atoms with van der Waals surface area (Å²) in [6.45, 7) is 6.76. The average Bonchev–Trinajstić information content (AvgIpc) is 2.10. The molecule has 0 aliphatic rings. The molecule has 0 aliphatic carbocycles. The maximum Gasteiger partial charge on any atom is 0.243 e. The predicted octanol–water partition coefficient (Wildman–Crippen LogP) is -0.560. The number of nitrogens with zero attached hydrogens (tertiary/aromatic N) is 1. The molecule has 2 N–H and O–H groups in total. The zero-order chi connectivity index (χ0) is 10.1. The maximum atomic E-state index is 10.7. The van der Waals surface area contributed by atoms with E-state index in [0.717, 1.165) is 19.6 Å². The summed E-state index contributed by atoms with van der Waals surface area (Å²) in [6, 6.07) is 0. The average molecular weight is 185 g/mol. The van der Waals surface area contributed by atoms with Gasteiger partial charge in [0.15, 0.2) is 0 Å². The Kier molecular flexibility index (Phi) is 7.24. The number of carbonyl (C=O) groups is 1. The van der Waals surface area contributed by atoms with Crippen LogP contribution in [0.4, 0.5) is 0 Å². The second kappa shape index (κ2) is 7.76. The van der Waals surface area contributed by atoms with Gasteiger partial charge in [-0.2, -0.15) is 0 Å². The monoisotopic (exact) mass is 185 g/mol. The standard InChI is InChI=1S/C9H19N3O/c1-4-9(13)11-6-5-10-7-8-12(2)3/h4,10H,1,5-8H2,2-3H3,(H,11,13). The van der Waals surface area contributed by atoms with Crippen molar-refractivity contribution in [3.05, 3.63) is 12.7 Å². The lowest BCUT2D eigenvalue weighted by Gasteiger charge is -2.10. The number of likely N-dealkylation sites (N-methyl/N-ethyl adjacent to an activating group) is 1. The number of amides is 1. The Morgan fingerprint density at radius 1 is 1.38 bits per heavy atom. The largest absolute Gasteiger partial charge is 0.351 e. The molecule has 0 radical (unpaired) electrons. The molecule has 0 rings (SSSR count). The van der Waals surface area contributed by atoms with E-state index < -0.39 is 0 Å². The fourth-order valence-corrected chi connectivity index (χ4v) is 0.774. The van der Waals surface area contributed by atoms with Gasteiger partial charge < -0.3 is 15.5 Å². The molecule has 0 atom stereocenters. The molecule has 0 heterocycles. The second-order valence-electron chi connectivity index (χ2n) is 3.05. The van der Waals surface area contributed by atoms with Crippen LogP contribution in [0.3, 0.4) is 0 Å². The van der Waals surface area contributed by atoms with Gasteiger partial charge >= 0.3 is 0 Å². The van der Waals surface area contributed by atoms with E-state index in [1.807, 2.05) is 14.1 Å². The quantitative estimate of drug-likeness (QED) is 0.413. The minimum Gasteiger partial charge on any atom is -0.351 e.